The Morgan fingerprint density at radius 1 is 1.50 bits per heavy atom. The fourth-order valence-electron chi connectivity index (χ4n) is 1.19. The second kappa shape index (κ2) is 5.47. The second-order valence-electron chi connectivity index (χ2n) is 3.39. The third-order valence-electron chi connectivity index (χ3n) is 2.01. The number of aryl methyl sites for hydroxylation is 1. The van der Waals surface area contributed by atoms with Crippen LogP contribution in [0, 0.1) is 6.92 Å². The van der Waals surface area contributed by atoms with Gasteiger partial charge in [0.25, 0.3) is 0 Å². The normalized spacial score (nSPS) is 10.1. The van der Waals surface area contributed by atoms with E-state index in [2.05, 4.69) is 12.2 Å². The zero-order chi connectivity index (χ0) is 10.4. The summed E-state index contributed by atoms with van der Waals surface area (Å²) in [6, 6.07) is 3.78. The Kier molecular flexibility index (Phi) is 4.23. The van der Waals surface area contributed by atoms with E-state index in [0.29, 0.717) is 13.0 Å². The highest BCUT2D eigenvalue weighted by Gasteiger charge is 2.02. The maximum absolute atomic E-state index is 11.2. The lowest BCUT2D eigenvalue weighted by Crippen LogP contribution is -2.21. The van der Waals surface area contributed by atoms with Crippen molar-refractivity contribution in [2.24, 2.45) is 0 Å². The van der Waals surface area contributed by atoms with Gasteiger partial charge in [0.05, 0.1) is 6.54 Å². The smallest absolute Gasteiger partial charge is 0.220 e. The molecule has 1 N–H and O–H groups in total. The molecule has 0 radical (unpaired) electrons. The van der Waals surface area contributed by atoms with Crippen molar-refractivity contribution in [1.82, 2.24) is 5.32 Å². The number of carbonyl (C=O) groups is 1. The Morgan fingerprint density at radius 3 is 2.86 bits per heavy atom. The number of rotatable bonds is 5. The molecule has 78 valence electrons. The average molecular weight is 195 g/mol. The molecule has 3 nitrogen and oxygen atoms in total. The predicted octanol–water partition coefficient (Wildman–Crippen LogP) is 2.39. The zero-order valence-electron chi connectivity index (χ0n) is 8.80. The topological polar surface area (TPSA) is 42.2 Å². The van der Waals surface area contributed by atoms with Gasteiger partial charge in [0, 0.05) is 6.42 Å². The quantitative estimate of drug-likeness (QED) is 0.783. The Hall–Kier alpha value is -1.25. The molecule has 0 aliphatic carbocycles. The van der Waals surface area contributed by atoms with Gasteiger partial charge < -0.3 is 9.73 Å². The van der Waals surface area contributed by atoms with Gasteiger partial charge in [0.15, 0.2) is 0 Å². The second-order valence-corrected chi connectivity index (χ2v) is 3.39. The van der Waals surface area contributed by atoms with Crippen LogP contribution in [0.25, 0.3) is 0 Å². The largest absolute Gasteiger partial charge is 0.465 e. The Morgan fingerprint density at radius 2 is 2.29 bits per heavy atom. The minimum atomic E-state index is 0.0981. The van der Waals surface area contributed by atoms with Gasteiger partial charge in [-0.3, -0.25) is 4.79 Å². The molecule has 0 spiro atoms. The molecule has 1 aromatic heterocycles. The standard InChI is InChI=1S/C11H17NO2/c1-3-4-5-11(13)12-8-10-7-6-9(2)14-10/h6-7H,3-5,8H2,1-2H3,(H,12,13). The molecule has 1 aromatic rings. The van der Waals surface area contributed by atoms with E-state index in [4.69, 9.17) is 4.42 Å². The lowest BCUT2D eigenvalue weighted by atomic mass is 10.2. The van der Waals surface area contributed by atoms with E-state index < -0.39 is 0 Å². The fourth-order valence-corrected chi connectivity index (χ4v) is 1.19. The highest BCUT2D eigenvalue weighted by atomic mass is 16.3. The summed E-state index contributed by atoms with van der Waals surface area (Å²) in [4.78, 5) is 11.2. The van der Waals surface area contributed by atoms with E-state index in [1.165, 1.54) is 0 Å². The van der Waals surface area contributed by atoms with E-state index in [9.17, 15) is 4.79 Å². The first-order valence-electron chi connectivity index (χ1n) is 5.04. The first-order valence-corrected chi connectivity index (χ1v) is 5.04. The molecule has 0 saturated heterocycles. The van der Waals surface area contributed by atoms with Crippen LogP contribution in [0.1, 0.15) is 37.7 Å². The molecule has 0 aromatic carbocycles. The van der Waals surface area contributed by atoms with Gasteiger partial charge in [-0.2, -0.15) is 0 Å². The van der Waals surface area contributed by atoms with Gasteiger partial charge in [0.1, 0.15) is 11.5 Å². The lowest BCUT2D eigenvalue weighted by Gasteiger charge is -2.01. The van der Waals surface area contributed by atoms with Crippen molar-refractivity contribution in [1.29, 1.82) is 0 Å². The number of unbranched alkanes of at least 4 members (excludes halogenated alkanes) is 1. The summed E-state index contributed by atoms with van der Waals surface area (Å²) >= 11 is 0. The molecule has 1 rings (SSSR count). The summed E-state index contributed by atoms with van der Waals surface area (Å²) in [5.41, 5.74) is 0. The third kappa shape index (κ3) is 3.64. The summed E-state index contributed by atoms with van der Waals surface area (Å²) in [6.07, 6.45) is 2.60. The minimum absolute atomic E-state index is 0.0981. The molecule has 0 atom stereocenters. The van der Waals surface area contributed by atoms with Gasteiger partial charge in [-0.1, -0.05) is 13.3 Å². The number of nitrogens with one attached hydrogen (secondary N) is 1. The van der Waals surface area contributed by atoms with Crippen LogP contribution >= 0.6 is 0 Å². The fraction of sp³-hybridized carbons (Fsp3) is 0.545. The summed E-state index contributed by atoms with van der Waals surface area (Å²) in [5, 5.41) is 2.81. The molecule has 14 heavy (non-hydrogen) atoms. The first kappa shape index (κ1) is 10.8. The minimum Gasteiger partial charge on any atom is -0.465 e. The molecule has 0 unspecified atom stereocenters. The van der Waals surface area contributed by atoms with Crippen LogP contribution in [0.4, 0.5) is 0 Å². The maximum atomic E-state index is 11.2. The Bertz CT molecular complexity index is 291. The molecule has 1 heterocycles. The van der Waals surface area contributed by atoms with Crippen molar-refractivity contribution < 1.29 is 9.21 Å². The predicted molar refractivity (Wildman–Crippen MR) is 54.8 cm³/mol. The SMILES string of the molecule is CCCCC(=O)NCc1ccc(C)o1. The van der Waals surface area contributed by atoms with Crippen molar-refractivity contribution in [3.63, 3.8) is 0 Å². The first-order chi connectivity index (χ1) is 6.72. The van der Waals surface area contributed by atoms with Crippen LogP contribution in [0.2, 0.25) is 0 Å². The Labute approximate surface area is 84.5 Å². The Balaban J connectivity index is 2.23. The van der Waals surface area contributed by atoms with E-state index in [0.717, 1.165) is 24.4 Å². The van der Waals surface area contributed by atoms with Crippen LogP contribution in [0.5, 0.6) is 0 Å². The highest BCUT2D eigenvalue weighted by molar-refractivity contribution is 5.75. The number of hydrogen-bond donors (Lipinski definition) is 1. The number of hydrogen-bond acceptors (Lipinski definition) is 2. The van der Waals surface area contributed by atoms with Crippen LogP contribution in [-0.4, -0.2) is 5.91 Å². The highest BCUT2D eigenvalue weighted by Crippen LogP contribution is 2.05. The van der Waals surface area contributed by atoms with Crippen LogP contribution in [0.15, 0.2) is 16.5 Å². The van der Waals surface area contributed by atoms with Crippen molar-refractivity contribution >= 4 is 5.91 Å². The molecule has 0 bridgehead atoms. The summed E-state index contributed by atoms with van der Waals surface area (Å²) in [7, 11) is 0. The monoisotopic (exact) mass is 195 g/mol. The number of amides is 1. The van der Waals surface area contributed by atoms with Crippen molar-refractivity contribution in [2.75, 3.05) is 0 Å². The lowest BCUT2D eigenvalue weighted by molar-refractivity contribution is -0.121. The van der Waals surface area contributed by atoms with Gasteiger partial charge in [-0.15, -0.1) is 0 Å². The van der Waals surface area contributed by atoms with Gasteiger partial charge >= 0.3 is 0 Å². The van der Waals surface area contributed by atoms with Crippen molar-refractivity contribution in [2.45, 2.75) is 39.7 Å². The van der Waals surface area contributed by atoms with Crippen LogP contribution in [0.3, 0.4) is 0 Å². The van der Waals surface area contributed by atoms with Gasteiger partial charge in [-0.25, -0.2) is 0 Å². The van der Waals surface area contributed by atoms with Gasteiger partial charge in [-0.05, 0) is 25.5 Å². The summed E-state index contributed by atoms with van der Waals surface area (Å²) in [6.45, 7) is 4.46. The molecule has 3 heteroatoms. The molecular formula is C11H17NO2. The maximum Gasteiger partial charge on any atom is 0.220 e. The summed E-state index contributed by atoms with van der Waals surface area (Å²) in [5.74, 6) is 1.79. The van der Waals surface area contributed by atoms with Crippen LogP contribution < -0.4 is 5.32 Å². The van der Waals surface area contributed by atoms with Crippen molar-refractivity contribution in [3.05, 3.63) is 23.7 Å². The summed E-state index contributed by atoms with van der Waals surface area (Å²) < 4.78 is 5.32. The van der Waals surface area contributed by atoms with Crippen LogP contribution in [-0.2, 0) is 11.3 Å². The number of carbonyl (C=O) groups excluding carboxylic acids is 1. The van der Waals surface area contributed by atoms with E-state index in [1.807, 2.05) is 19.1 Å². The average Bonchev–Trinajstić information content (AvgIpc) is 2.58. The van der Waals surface area contributed by atoms with Crippen molar-refractivity contribution in [3.8, 4) is 0 Å². The van der Waals surface area contributed by atoms with E-state index >= 15 is 0 Å². The number of furan rings is 1. The molecule has 0 aliphatic rings. The third-order valence-corrected chi connectivity index (χ3v) is 2.01. The zero-order valence-corrected chi connectivity index (χ0v) is 8.80. The molecular weight excluding hydrogens is 178 g/mol. The molecule has 0 aliphatic heterocycles. The van der Waals surface area contributed by atoms with E-state index in [-0.39, 0.29) is 5.91 Å². The van der Waals surface area contributed by atoms with Gasteiger partial charge in [0.2, 0.25) is 5.91 Å². The van der Waals surface area contributed by atoms with E-state index in [1.54, 1.807) is 0 Å². The molecule has 0 saturated carbocycles. The molecule has 0 fully saturated rings. The molecule has 1 amide bonds.